The van der Waals surface area contributed by atoms with Crippen LogP contribution in [0.15, 0.2) is 24.3 Å². The van der Waals surface area contributed by atoms with Crippen molar-refractivity contribution in [3.8, 4) is 0 Å². The third-order valence-electron chi connectivity index (χ3n) is 4.19. The van der Waals surface area contributed by atoms with Gasteiger partial charge in [-0.2, -0.15) is 0 Å². The molecule has 1 aliphatic rings. The molecule has 0 aromatic rings. The summed E-state index contributed by atoms with van der Waals surface area (Å²) < 4.78 is 21.8. The lowest BCUT2D eigenvalue weighted by Gasteiger charge is -2.26. The molecule has 0 N–H and O–H groups in total. The maximum atomic E-state index is 11.4. The van der Waals surface area contributed by atoms with E-state index in [-0.39, 0.29) is 11.9 Å². The summed E-state index contributed by atoms with van der Waals surface area (Å²) in [6, 6.07) is 0. The summed E-state index contributed by atoms with van der Waals surface area (Å²) in [7, 11) is 0. The fourth-order valence-electron chi connectivity index (χ4n) is 2.43. The second kappa shape index (κ2) is 14.3. The van der Waals surface area contributed by atoms with Crippen LogP contribution in [0.3, 0.4) is 0 Å². The van der Waals surface area contributed by atoms with Crippen LogP contribution in [0.4, 0.5) is 0 Å². The highest BCUT2D eigenvalue weighted by molar-refractivity contribution is 5.87. The molecule has 0 atom stereocenters. The summed E-state index contributed by atoms with van der Waals surface area (Å²) in [5.74, 6) is -0.730. The largest absolute Gasteiger partial charge is 0.461 e. The molecule has 1 fully saturated rings. The van der Waals surface area contributed by atoms with Crippen LogP contribution in [0.25, 0.3) is 0 Å². The Balaban J connectivity index is 2.30. The third-order valence-corrected chi connectivity index (χ3v) is 4.19. The molecule has 0 aromatic heterocycles. The van der Waals surface area contributed by atoms with Gasteiger partial charge >= 0.3 is 11.9 Å². The molecular weight excluding hydrogens is 364 g/mol. The molecule has 1 saturated heterocycles. The molecule has 0 unspecified atom stereocenters. The fourth-order valence-corrected chi connectivity index (χ4v) is 2.43. The monoisotopic (exact) mass is 398 g/mol. The lowest BCUT2D eigenvalue weighted by molar-refractivity contribution is -0.140. The molecule has 0 aromatic carbocycles. The highest BCUT2D eigenvalue weighted by Gasteiger charge is 2.11. The second-order valence-corrected chi connectivity index (χ2v) is 6.74. The number of rotatable bonds is 8. The summed E-state index contributed by atoms with van der Waals surface area (Å²) in [6.07, 6.45) is 0. The molecular formula is C20H34N2O6. The van der Waals surface area contributed by atoms with E-state index in [1.807, 2.05) is 0 Å². The number of nitrogens with zero attached hydrogens (tertiary/aromatic N) is 2. The van der Waals surface area contributed by atoms with Crippen LogP contribution in [0.1, 0.15) is 13.8 Å². The minimum absolute atomic E-state index is 0.322. The van der Waals surface area contributed by atoms with Crippen molar-refractivity contribution in [2.24, 2.45) is 0 Å². The van der Waals surface area contributed by atoms with Gasteiger partial charge in [-0.25, -0.2) is 9.59 Å². The average Bonchev–Trinajstić information content (AvgIpc) is 2.64. The van der Waals surface area contributed by atoms with Gasteiger partial charge in [0, 0.05) is 50.4 Å². The van der Waals surface area contributed by atoms with Crippen molar-refractivity contribution >= 4 is 11.9 Å². The molecule has 1 rings (SSSR count). The average molecular weight is 399 g/mol. The Morgan fingerprint density at radius 3 is 1.36 bits per heavy atom. The zero-order valence-corrected chi connectivity index (χ0v) is 17.2. The molecule has 8 heteroatoms. The maximum Gasteiger partial charge on any atom is 0.333 e. The van der Waals surface area contributed by atoms with Gasteiger partial charge in [0.15, 0.2) is 0 Å². The predicted octanol–water partition coefficient (Wildman–Crippen LogP) is 0.876. The number of ether oxygens (including phenoxy) is 4. The number of hydrogen-bond acceptors (Lipinski definition) is 8. The van der Waals surface area contributed by atoms with Crippen molar-refractivity contribution in [2.75, 3.05) is 78.9 Å². The Morgan fingerprint density at radius 1 is 0.750 bits per heavy atom. The lowest BCUT2D eigenvalue weighted by atomic mass is 10.4. The molecule has 28 heavy (non-hydrogen) atoms. The van der Waals surface area contributed by atoms with Gasteiger partial charge in [0.25, 0.3) is 0 Å². The quantitative estimate of drug-likeness (QED) is 0.440. The first-order chi connectivity index (χ1) is 13.4. The van der Waals surface area contributed by atoms with Gasteiger partial charge in [0.05, 0.1) is 26.4 Å². The molecule has 0 radical (unpaired) electrons. The molecule has 1 aliphatic heterocycles. The van der Waals surface area contributed by atoms with Crippen LogP contribution in [0, 0.1) is 0 Å². The molecule has 0 aliphatic carbocycles. The van der Waals surface area contributed by atoms with E-state index in [2.05, 4.69) is 23.0 Å². The second-order valence-electron chi connectivity index (χ2n) is 6.74. The molecule has 0 saturated carbocycles. The smallest absolute Gasteiger partial charge is 0.333 e. The van der Waals surface area contributed by atoms with Crippen molar-refractivity contribution in [1.82, 2.24) is 9.80 Å². The van der Waals surface area contributed by atoms with Crippen LogP contribution >= 0.6 is 0 Å². The van der Waals surface area contributed by atoms with Gasteiger partial charge in [0.2, 0.25) is 0 Å². The number of carbonyl (C=O) groups excluding carboxylic acids is 2. The molecule has 0 amide bonds. The highest BCUT2D eigenvalue weighted by atomic mass is 16.5. The summed E-state index contributed by atoms with van der Waals surface area (Å²) >= 11 is 0. The first kappa shape index (κ1) is 24.3. The number of carbonyl (C=O) groups is 2. The van der Waals surface area contributed by atoms with E-state index in [0.717, 1.165) is 26.2 Å². The highest BCUT2D eigenvalue weighted by Crippen LogP contribution is 1.98. The van der Waals surface area contributed by atoms with Crippen molar-refractivity contribution in [1.29, 1.82) is 0 Å². The van der Waals surface area contributed by atoms with E-state index in [0.29, 0.717) is 63.9 Å². The Labute approximate surface area is 168 Å². The van der Waals surface area contributed by atoms with Crippen LogP contribution < -0.4 is 0 Å². The first-order valence-electron chi connectivity index (χ1n) is 9.65. The Kier molecular flexibility index (Phi) is 12.4. The summed E-state index contributed by atoms with van der Waals surface area (Å²) in [5, 5.41) is 0. The van der Waals surface area contributed by atoms with Crippen LogP contribution in [-0.2, 0) is 28.5 Å². The van der Waals surface area contributed by atoms with Gasteiger partial charge in [-0.15, -0.1) is 0 Å². The summed E-state index contributed by atoms with van der Waals surface area (Å²) in [6.45, 7) is 17.6. The fraction of sp³-hybridized carbons (Fsp3) is 0.700. The Hall–Kier alpha value is -1.74. The van der Waals surface area contributed by atoms with Gasteiger partial charge in [-0.3, -0.25) is 9.80 Å². The van der Waals surface area contributed by atoms with E-state index in [9.17, 15) is 9.59 Å². The van der Waals surface area contributed by atoms with Crippen LogP contribution in [0.5, 0.6) is 0 Å². The third kappa shape index (κ3) is 11.2. The van der Waals surface area contributed by atoms with Crippen molar-refractivity contribution in [3.63, 3.8) is 0 Å². The number of esters is 2. The summed E-state index contributed by atoms with van der Waals surface area (Å²) in [5.41, 5.74) is 0.804. The topological polar surface area (TPSA) is 77.5 Å². The molecule has 0 bridgehead atoms. The van der Waals surface area contributed by atoms with E-state index < -0.39 is 0 Å². The Morgan fingerprint density at radius 2 is 1.07 bits per heavy atom. The summed E-state index contributed by atoms with van der Waals surface area (Å²) in [4.78, 5) is 27.2. The van der Waals surface area contributed by atoms with E-state index >= 15 is 0 Å². The van der Waals surface area contributed by atoms with E-state index in [4.69, 9.17) is 18.9 Å². The molecule has 160 valence electrons. The van der Waals surface area contributed by atoms with Gasteiger partial charge in [-0.1, -0.05) is 13.2 Å². The van der Waals surface area contributed by atoms with Gasteiger partial charge in [-0.05, 0) is 13.8 Å². The van der Waals surface area contributed by atoms with Crippen molar-refractivity contribution in [2.45, 2.75) is 13.8 Å². The zero-order valence-electron chi connectivity index (χ0n) is 17.2. The zero-order chi connectivity index (χ0) is 20.8. The SMILES string of the molecule is C=C(C)C(=O)OCCN1CCOCCN(CCOC(=O)C(=C)C)CCOCC1. The minimum Gasteiger partial charge on any atom is -0.461 e. The standard InChI is InChI=1S/C20H34N2O6/c1-17(2)19(23)27-15-9-21-5-11-25-13-7-22(8-14-26-12-6-21)10-16-28-20(24)18(3)4/h1,3,5-16H2,2,4H3. The van der Waals surface area contributed by atoms with Crippen LogP contribution in [-0.4, -0.2) is 101 Å². The van der Waals surface area contributed by atoms with E-state index in [1.54, 1.807) is 13.8 Å². The Bertz CT molecular complexity index is 465. The lowest BCUT2D eigenvalue weighted by Crippen LogP contribution is -2.38. The first-order valence-corrected chi connectivity index (χ1v) is 9.65. The minimum atomic E-state index is -0.365. The molecule has 1 heterocycles. The van der Waals surface area contributed by atoms with Crippen LogP contribution in [0.2, 0.25) is 0 Å². The predicted molar refractivity (Wildman–Crippen MR) is 106 cm³/mol. The van der Waals surface area contributed by atoms with Gasteiger partial charge in [0.1, 0.15) is 13.2 Å². The van der Waals surface area contributed by atoms with Crippen molar-refractivity contribution in [3.05, 3.63) is 24.3 Å². The van der Waals surface area contributed by atoms with Gasteiger partial charge < -0.3 is 18.9 Å². The van der Waals surface area contributed by atoms with Crippen molar-refractivity contribution < 1.29 is 28.5 Å². The molecule has 0 spiro atoms. The number of hydrogen-bond donors (Lipinski definition) is 0. The normalized spacial score (nSPS) is 17.8. The maximum absolute atomic E-state index is 11.4. The van der Waals surface area contributed by atoms with E-state index in [1.165, 1.54) is 0 Å². The molecule has 8 nitrogen and oxygen atoms in total.